The van der Waals surface area contributed by atoms with Crippen LogP contribution in [0.1, 0.15) is 5.56 Å². The number of aliphatic hydroxyl groups is 1. The molecule has 0 bridgehead atoms. The van der Waals surface area contributed by atoms with Crippen LogP contribution in [-0.2, 0) is 0 Å². The summed E-state index contributed by atoms with van der Waals surface area (Å²) in [7, 11) is 0. The first-order valence-corrected chi connectivity index (χ1v) is 4.36. The molecule has 0 aromatic heterocycles. The second-order valence-electron chi connectivity index (χ2n) is 2.71. The number of benzene rings is 1. The Morgan fingerprint density at radius 3 is 2.64 bits per heavy atom. The lowest BCUT2D eigenvalue weighted by molar-refractivity contribution is 0.281. The van der Waals surface area contributed by atoms with Gasteiger partial charge in [0, 0.05) is 0 Å². The molecule has 1 rings (SSSR count). The van der Waals surface area contributed by atoms with Gasteiger partial charge in [-0.05, 0) is 17.7 Å². The van der Waals surface area contributed by atoms with Crippen LogP contribution in [0.3, 0.4) is 0 Å². The van der Waals surface area contributed by atoms with E-state index in [1.807, 2.05) is 36.4 Å². The van der Waals surface area contributed by atoms with Crippen LogP contribution in [0, 0.1) is 11.8 Å². The second kappa shape index (κ2) is 5.80. The molecule has 14 heavy (non-hydrogen) atoms. The fraction of sp³-hybridized carbons (Fsp3) is 0.0769. The van der Waals surface area contributed by atoms with E-state index in [0.29, 0.717) is 0 Å². The summed E-state index contributed by atoms with van der Waals surface area (Å²) in [6.45, 7) is 3.44. The average molecular weight is 184 g/mol. The molecule has 0 aliphatic heterocycles. The number of hydrogen-bond donors (Lipinski definition) is 1. The Labute approximate surface area is 84.4 Å². The lowest BCUT2D eigenvalue weighted by atomic mass is 10.2. The monoisotopic (exact) mass is 184 g/mol. The molecular weight excluding hydrogens is 172 g/mol. The van der Waals surface area contributed by atoms with Gasteiger partial charge in [-0.2, -0.15) is 0 Å². The normalized spacial score (nSPS) is 11.8. The SMILES string of the molecule is C=CC#CC(O)/C=C/c1ccccc1. The molecule has 1 aromatic rings. The number of hydrogen-bond acceptors (Lipinski definition) is 1. The third kappa shape index (κ3) is 3.75. The molecule has 0 heterocycles. The van der Waals surface area contributed by atoms with Crippen molar-refractivity contribution in [2.24, 2.45) is 0 Å². The molecule has 0 fully saturated rings. The highest BCUT2D eigenvalue weighted by atomic mass is 16.3. The predicted octanol–water partition coefficient (Wildman–Crippen LogP) is 2.25. The summed E-state index contributed by atoms with van der Waals surface area (Å²) in [5.41, 5.74) is 1.05. The minimum Gasteiger partial charge on any atom is -0.377 e. The van der Waals surface area contributed by atoms with Crippen LogP contribution in [0.5, 0.6) is 0 Å². The van der Waals surface area contributed by atoms with E-state index in [4.69, 9.17) is 0 Å². The van der Waals surface area contributed by atoms with Gasteiger partial charge < -0.3 is 5.11 Å². The van der Waals surface area contributed by atoms with E-state index < -0.39 is 6.10 Å². The molecule has 0 radical (unpaired) electrons. The van der Waals surface area contributed by atoms with Gasteiger partial charge >= 0.3 is 0 Å². The van der Waals surface area contributed by atoms with Gasteiger partial charge in [-0.3, -0.25) is 0 Å². The molecule has 1 heteroatoms. The van der Waals surface area contributed by atoms with Crippen LogP contribution < -0.4 is 0 Å². The zero-order chi connectivity index (χ0) is 10.2. The van der Waals surface area contributed by atoms with E-state index in [0.717, 1.165) is 5.56 Å². The Morgan fingerprint density at radius 2 is 2.00 bits per heavy atom. The van der Waals surface area contributed by atoms with E-state index >= 15 is 0 Å². The van der Waals surface area contributed by atoms with Crippen molar-refractivity contribution in [1.29, 1.82) is 0 Å². The van der Waals surface area contributed by atoms with Crippen molar-refractivity contribution in [3.05, 3.63) is 54.6 Å². The highest BCUT2D eigenvalue weighted by molar-refractivity contribution is 5.50. The molecule has 1 N–H and O–H groups in total. The van der Waals surface area contributed by atoms with E-state index in [1.54, 1.807) is 6.08 Å². The summed E-state index contributed by atoms with van der Waals surface area (Å²) in [5, 5.41) is 9.33. The van der Waals surface area contributed by atoms with Gasteiger partial charge in [-0.1, -0.05) is 54.8 Å². The third-order valence-electron chi connectivity index (χ3n) is 1.60. The first kappa shape index (κ1) is 10.3. The average Bonchev–Trinajstić information content (AvgIpc) is 2.25. The topological polar surface area (TPSA) is 20.2 Å². The molecule has 70 valence electrons. The van der Waals surface area contributed by atoms with Crippen LogP contribution in [0.15, 0.2) is 49.1 Å². The maximum atomic E-state index is 9.33. The van der Waals surface area contributed by atoms with Gasteiger partial charge in [-0.15, -0.1) is 0 Å². The fourth-order valence-corrected chi connectivity index (χ4v) is 0.959. The van der Waals surface area contributed by atoms with Crippen molar-refractivity contribution in [3.63, 3.8) is 0 Å². The van der Waals surface area contributed by atoms with Crippen molar-refractivity contribution < 1.29 is 5.11 Å². The van der Waals surface area contributed by atoms with Gasteiger partial charge in [-0.25, -0.2) is 0 Å². The largest absolute Gasteiger partial charge is 0.377 e. The maximum absolute atomic E-state index is 9.33. The summed E-state index contributed by atoms with van der Waals surface area (Å²) in [4.78, 5) is 0. The van der Waals surface area contributed by atoms with Crippen molar-refractivity contribution in [2.45, 2.75) is 6.10 Å². The minimum atomic E-state index is -0.729. The second-order valence-corrected chi connectivity index (χ2v) is 2.71. The van der Waals surface area contributed by atoms with Crippen LogP contribution in [0.2, 0.25) is 0 Å². The minimum absolute atomic E-state index is 0.729. The Balaban J connectivity index is 2.60. The Bertz CT molecular complexity index is 365. The van der Waals surface area contributed by atoms with E-state index in [1.165, 1.54) is 6.08 Å². The van der Waals surface area contributed by atoms with Crippen molar-refractivity contribution in [2.75, 3.05) is 0 Å². The van der Waals surface area contributed by atoms with Crippen molar-refractivity contribution >= 4 is 6.08 Å². The first-order valence-electron chi connectivity index (χ1n) is 4.36. The molecule has 0 spiro atoms. The van der Waals surface area contributed by atoms with Gasteiger partial charge in [0.1, 0.15) is 6.10 Å². The first-order chi connectivity index (χ1) is 6.83. The van der Waals surface area contributed by atoms with Gasteiger partial charge in [0.25, 0.3) is 0 Å². The highest BCUT2D eigenvalue weighted by Crippen LogP contribution is 2.01. The van der Waals surface area contributed by atoms with Crippen molar-refractivity contribution in [1.82, 2.24) is 0 Å². The smallest absolute Gasteiger partial charge is 0.134 e. The summed E-state index contributed by atoms with van der Waals surface area (Å²) in [6.07, 6.45) is 4.21. The summed E-state index contributed by atoms with van der Waals surface area (Å²) < 4.78 is 0. The zero-order valence-electron chi connectivity index (χ0n) is 7.85. The molecule has 1 unspecified atom stereocenters. The van der Waals surface area contributed by atoms with E-state index in [9.17, 15) is 5.11 Å². The molecular formula is C13H12O. The number of rotatable bonds is 2. The van der Waals surface area contributed by atoms with Crippen molar-refractivity contribution in [3.8, 4) is 11.8 Å². The Kier molecular flexibility index (Phi) is 4.26. The molecule has 0 aliphatic carbocycles. The third-order valence-corrected chi connectivity index (χ3v) is 1.60. The van der Waals surface area contributed by atoms with Crippen LogP contribution in [0.25, 0.3) is 6.08 Å². The Hall–Kier alpha value is -1.78. The molecule has 0 saturated carbocycles. The fourth-order valence-electron chi connectivity index (χ4n) is 0.959. The molecule has 1 aromatic carbocycles. The van der Waals surface area contributed by atoms with Crippen LogP contribution >= 0.6 is 0 Å². The summed E-state index contributed by atoms with van der Waals surface area (Å²) >= 11 is 0. The van der Waals surface area contributed by atoms with Gasteiger partial charge in [0.05, 0.1) is 0 Å². The highest BCUT2D eigenvalue weighted by Gasteiger charge is 1.89. The number of allylic oxidation sites excluding steroid dienone is 1. The standard InChI is InChI=1S/C13H12O/c1-2-3-9-13(14)11-10-12-7-5-4-6-8-12/h2,4-8,10-11,13-14H,1H2/b11-10+. The molecule has 0 aliphatic rings. The predicted molar refractivity (Wildman–Crippen MR) is 59.5 cm³/mol. The molecule has 1 nitrogen and oxygen atoms in total. The summed E-state index contributed by atoms with van der Waals surface area (Å²) in [5.74, 6) is 5.20. The van der Waals surface area contributed by atoms with E-state index in [2.05, 4.69) is 18.4 Å². The molecule has 1 atom stereocenters. The van der Waals surface area contributed by atoms with Gasteiger partial charge in [0.2, 0.25) is 0 Å². The maximum Gasteiger partial charge on any atom is 0.134 e. The van der Waals surface area contributed by atoms with E-state index in [-0.39, 0.29) is 0 Å². The van der Waals surface area contributed by atoms with Crippen LogP contribution in [-0.4, -0.2) is 11.2 Å². The number of aliphatic hydroxyl groups excluding tert-OH is 1. The van der Waals surface area contributed by atoms with Gasteiger partial charge in [0.15, 0.2) is 0 Å². The molecule has 0 saturated heterocycles. The quantitative estimate of drug-likeness (QED) is 0.699. The molecule has 0 amide bonds. The lowest BCUT2D eigenvalue weighted by Gasteiger charge is -1.94. The lowest BCUT2D eigenvalue weighted by Crippen LogP contribution is -1.95. The van der Waals surface area contributed by atoms with Crippen LogP contribution in [0.4, 0.5) is 0 Å². The summed E-state index contributed by atoms with van der Waals surface area (Å²) in [6, 6.07) is 9.77. The zero-order valence-corrected chi connectivity index (χ0v) is 7.85. The Morgan fingerprint density at radius 1 is 1.29 bits per heavy atom.